The van der Waals surface area contributed by atoms with E-state index in [9.17, 15) is 0 Å². The maximum absolute atomic E-state index is 8.63. The molecule has 2 nitrogen and oxygen atoms in total. The molecule has 0 radical (unpaired) electrons. The molecule has 0 aliphatic rings. The zero-order chi connectivity index (χ0) is 22.4. The largest absolute Gasteiger partial charge is 0.508 e. The van der Waals surface area contributed by atoms with Crippen LogP contribution in [0, 0.1) is 27.7 Å². The van der Waals surface area contributed by atoms with Gasteiger partial charge in [-0.2, -0.15) is 0 Å². The van der Waals surface area contributed by atoms with E-state index >= 15 is 0 Å². The van der Waals surface area contributed by atoms with Gasteiger partial charge < -0.3 is 9.84 Å². The van der Waals surface area contributed by atoms with Gasteiger partial charge in [0.25, 0.3) is 0 Å². The Morgan fingerprint density at radius 2 is 1.23 bits per heavy atom. The first kappa shape index (κ1) is 24.9. The number of aryl methyl sites for hydroxylation is 1. The van der Waals surface area contributed by atoms with Crippen molar-refractivity contribution in [1.82, 2.24) is 0 Å². The molecule has 0 amide bonds. The zero-order valence-corrected chi connectivity index (χ0v) is 18.7. The number of rotatable bonds is 5. The Morgan fingerprint density at radius 3 is 1.67 bits per heavy atom. The summed E-state index contributed by atoms with van der Waals surface area (Å²) in [5.74, 6) is 0.322. The van der Waals surface area contributed by atoms with Gasteiger partial charge in [0.2, 0.25) is 0 Å². The predicted octanol–water partition coefficient (Wildman–Crippen LogP) is 7.35. The minimum Gasteiger partial charge on any atom is -0.508 e. The minimum atomic E-state index is 0.322. The van der Waals surface area contributed by atoms with E-state index in [1.165, 1.54) is 33.4 Å². The van der Waals surface area contributed by atoms with Crippen molar-refractivity contribution in [2.75, 3.05) is 13.2 Å². The first-order valence-electron chi connectivity index (χ1n) is 10.1. The summed E-state index contributed by atoms with van der Waals surface area (Å²) >= 11 is 0. The Kier molecular flexibility index (Phi) is 11.6. The molecule has 30 heavy (non-hydrogen) atoms. The Labute approximate surface area is 182 Å². The second-order valence-corrected chi connectivity index (χ2v) is 6.93. The summed E-state index contributed by atoms with van der Waals surface area (Å²) < 4.78 is 4.90. The summed E-state index contributed by atoms with van der Waals surface area (Å²) in [4.78, 5) is 0. The van der Waals surface area contributed by atoms with Crippen molar-refractivity contribution >= 4 is 0 Å². The van der Waals surface area contributed by atoms with Gasteiger partial charge in [0, 0.05) is 0 Å². The summed E-state index contributed by atoms with van der Waals surface area (Å²) in [6.07, 6.45) is 3.42. The van der Waals surface area contributed by atoms with Crippen LogP contribution in [0.4, 0.5) is 0 Å². The van der Waals surface area contributed by atoms with Gasteiger partial charge in [0.05, 0.1) is 13.2 Å². The van der Waals surface area contributed by atoms with E-state index in [-0.39, 0.29) is 0 Å². The molecule has 0 unspecified atom stereocenters. The molecule has 0 heterocycles. The van der Waals surface area contributed by atoms with E-state index < -0.39 is 0 Å². The van der Waals surface area contributed by atoms with Crippen LogP contribution in [0.1, 0.15) is 22.3 Å². The number of phenolic OH excluding ortho intramolecular Hbond substituents is 1. The highest BCUT2D eigenvalue weighted by Crippen LogP contribution is 2.29. The fourth-order valence-corrected chi connectivity index (χ4v) is 2.79. The lowest BCUT2D eigenvalue weighted by Gasteiger charge is -2.14. The minimum absolute atomic E-state index is 0.322. The maximum atomic E-state index is 8.63. The van der Waals surface area contributed by atoms with Gasteiger partial charge in [-0.25, -0.2) is 0 Å². The van der Waals surface area contributed by atoms with E-state index in [1.807, 2.05) is 6.07 Å². The molecule has 0 aromatic heterocycles. The van der Waals surface area contributed by atoms with Crippen LogP contribution in [0.2, 0.25) is 0 Å². The summed E-state index contributed by atoms with van der Waals surface area (Å²) in [6.45, 7) is 17.0. The Morgan fingerprint density at radius 1 is 0.733 bits per heavy atom. The quantitative estimate of drug-likeness (QED) is 0.357. The van der Waals surface area contributed by atoms with E-state index in [0.717, 1.165) is 0 Å². The van der Waals surface area contributed by atoms with Crippen molar-refractivity contribution in [1.29, 1.82) is 0 Å². The molecular weight excluding hydrogens is 368 g/mol. The number of hydrogen-bond acceptors (Lipinski definition) is 2. The lowest BCUT2D eigenvalue weighted by molar-refractivity contribution is 0.194. The van der Waals surface area contributed by atoms with Crippen LogP contribution in [0.3, 0.4) is 0 Å². The van der Waals surface area contributed by atoms with Gasteiger partial charge in [-0.3, -0.25) is 0 Å². The van der Waals surface area contributed by atoms with Crippen molar-refractivity contribution in [2.24, 2.45) is 0 Å². The molecule has 0 aliphatic carbocycles. The van der Waals surface area contributed by atoms with Crippen molar-refractivity contribution < 1.29 is 9.84 Å². The van der Waals surface area contributed by atoms with Crippen molar-refractivity contribution in [3.63, 3.8) is 0 Å². The van der Waals surface area contributed by atoms with Gasteiger partial charge >= 0.3 is 0 Å². The molecule has 3 rings (SSSR count). The molecule has 0 spiro atoms. The topological polar surface area (TPSA) is 29.5 Å². The van der Waals surface area contributed by atoms with E-state index in [4.69, 9.17) is 9.84 Å². The number of benzene rings is 3. The van der Waals surface area contributed by atoms with Gasteiger partial charge in [-0.1, -0.05) is 66.7 Å². The van der Waals surface area contributed by atoms with Crippen LogP contribution in [-0.2, 0) is 4.74 Å². The SMILES string of the molecule is C=CCOCC=C.Cc1cc(-c2ccccc2)c(C)c(C)c1C.Oc1ccccc1. The van der Waals surface area contributed by atoms with Crippen molar-refractivity contribution in [3.8, 4) is 16.9 Å². The second kappa shape index (κ2) is 14.0. The monoisotopic (exact) mass is 402 g/mol. The van der Waals surface area contributed by atoms with Crippen LogP contribution >= 0.6 is 0 Å². The van der Waals surface area contributed by atoms with Crippen LogP contribution < -0.4 is 0 Å². The molecule has 0 atom stereocenters. The smallest absolute Gasteiger partial charge is 0.115 e. The number of phenols is 1. The number of hydrogen-bond donors (Lipinski definition) is 1. The molecule has 0 saturated carbocycles. The van der Waals surface area contributed by atoms with E-state index in [0.29, 0.717) is 19.0 Å². The van der Waals surface area contributed by atoms with Gasteiger partial charge in [0.1, 0.15) is 5.75 Å². The standard InChI is InChI=1S/C16H18.C6H6O.C6H10O/c1-11-10-16(14(4)13(3)12(11)2)15-8-6-5-7-9-15;7-6-4-2-1-3-5-6;1-3-5-7-6-4-2/h5-10H,1-4H3;1-5,7H;3-4H,1-2,5-6H2. The molecule has 0 saturated heterocycles. The highest BCUT2D eigenvalue weighted by molar-refractivity contribution is 5.70. The normalized spacial score (nSPS) is 9.47. The van der Waals surface area contributed by atoms with Crippen LogP contribution in [0.25, 0.3) is 11.1 Å². The Bertz CT molecular complexity index is 889. The third-order valence-corrected chi connectivity index (χ3v) is 4.79. The van der Waals surface area contributed by atoms with Crippen LogP contribution in [0.5, 0.6) is 5.75 Å². The van der Waals surface area contributed by atoms with Crippen LogP contribution in [0.15, 0.2) is 92.0 Å². The third-order valence-electron chi connectivity index (χ3n) is 4.79. The summed E-state index contributed by atoms with van der Waals surface area (Å²) in [5, 5.41) is 8.63. The summed E-state index contributed by atoms with van der Waals surface area (Å²) in [5.41, 5.74) is 8.28. The number of ether oxygens (including phenoxy) is 1. The van der Waals surface area contributed by atoms with Crippen LogP contribution in [-0.4, -0.2) is 18.3 Å². The average molecular weight is 403 g/mol. The first-order chi connectivity index (χ1) is 14.4. The van der Waals surface area contributed by atoms with Crippen molar-refractivity contribution in [3.05, 3.63) is 114 Å². The first-order valence-corrected chi connectivity index (χ1v) is 10.1. The lowest BCUT2D eigenvalue weighted by atomic mass is 9.91. The highest BCUT2D eigenvalue weighted by atomic mass is 16.5. The Balaban J connectivity index is 0.000000267. The van der Waals surface area contributed by atoms with Gasteiger partial charge in [-0.05, 0) is 73.2 Å². The summed E-state index contributed by atoms with van der Waals surface area (Å²) in [7, 11) is 0. The van der Waals surface area contributed by atoms with Gasteiger partial charge in [0.15, 0.2) is 0 Å². The van der Waals surface area contributed by atoms with Crippen molar-refractivity contribution in [2.45, 2.75) is 27.7 Å². The fourth-order valence-electron chi connectivity index (χ4n) is 2.79. The molecular formula is C28H34O2. The molecule has 0 aliphatic heterocycles. The number of para-hydroxylation sites is 1. The second-order valence-electron chi connectivity index (χ2n) is 6.93. The fraction of sp³-hybridized carbons (Fsp3) is 0.214. The van der Waals surface area contributed by atoms with E-state index in [2.05, 4.69) is 77.3 Å². The molecule has 1 N–H and O–H groups in total. The highest BCUT2D eigenvalue weighted by Gasteiger charge is 2.08. The number of aromatic hydroxyl groups is 1. The molecule has 0 bridgehead atoms. The summed E-state index contributed by atoms with van der Waals surface area (Å²) in [6, 6.07) is 21.6. The Hall–Kier alpha value is -3.10. The molecule has 3 aromatic carbocycles. The predicted molar refractivity (Wildman–Crippen MR) is 130 cm³/mol. The van der Waals surface area contributed by atoms with Gasteiger partial charge in [-0.15, -0.1) is 13.2 Å². The molecule has 2 heteroatoms. The average Bonchev–Trinajstić information content (AvgIpc) is 2.77. The molecule has 0 fully saturated rings. The lowest BCUT2D eigenvalue weighted by Crippen LogP contribution is -1.94. The molecule has 3 aromatic rings. The zero-order valence-electron chi connectivity index (χ0n) is 18.7. The molecule has 158 valence electrons. The third kappa shape index (κ3) is 8.50. The maximum Gasteiger partial charge on any atom is 0.115 e. The van der Waals surface area contributed by atoms with E-state index in [1.54, 1.807) is 36.4 Å².